The largest absolute Gasteiger partial charge is 0.199 e. The molecule has 0 spiro atoms. The minimum absolute atomic E-state index is 0.432. The summed E-state index contributed by atoms with van der Waals surface area (Å²) in [5, 5.41) is 0. The molecule has 0 aliphatic rings. The minimum Gasteiger partial charge on any atom is -0.163 e. The van der Waals surface area contributed by atoms with E-state index in [4.69, 9.17) is 45.9 Å². The van der Waals surface area contributed by atoms with Crippen LogP contribution in [0.3, 0.4) is 0 Å². The molecule has 0 atom stereocenters. The molecule has 0 aliphatic heterocycles. The van der Waals surface area contributed by atoms with Gasteiger partial charge in [0.1, 0.15) is 0 Å². The van der Waals surface area contributed by atoms with Gasteiger partial charge in [0, 0.05) is 16.5 Å². The van der Waals surface area contributed by atoms with Crippen LogP contribution < -0.4 is 0 Å². The van der Waals surface area contributed by atoms with Crippen LogP contribution >= 0.6 is 45.9 Å². The van der Waals surface area contributed by atoms with Crippen molar-refractivity contribution >= 4 is 53.3 Å². The van der Waals surface area contributed by atoms with Gasteiger partial charge in [-0.1, -0.05) is 0 Å². The molecule has 0 saturated carbocycles. The Bertz CT molecular complexity index is 54.0. The highest BCUT2D eigenvalue weighted by molar-refractivity contribution is 7.26. The lowest BCUT2D eigenvalue weighted by Crippen LogP contribution is -2.35. The minimum atomic E-state index is -1.90. The molecule has 0 N–H and O–H groups in total. The lowest BCUT2D eigenvalue weighted by molar-refractivity contribution is 1.72. The summed E-state index contributed by atoms with van der Waals surface area (Å²) in [5.74, 6) is 0. The summed E-state index contributed by atoms with van der Waals surface area (Å²) in [7, 11) is -1.90. The third-order valence-electron chi connectivity index (χ3n) is 0.718. The normalized spacial score (nSPS) is 12.0. The van der Waals surface area contributed by atoms with Crippen molar-refractivity contribution in [2.24, 2.45) is 0 Å². The van der Waals surface area contributed by atoms with Crippen LogP contribution in [0.4, 0.5) is 0 Å². The zero-order valence-electron chi connectivity index (χ0n) is 4.13. The van der Waals surface area contributed by atoms with Gasteiger partial charge in [0.25, 0.3) is 0 Å². The number of rotatable bonds is 3. The predicted octanol–water partition coefficient (Wildman–Crippen LogP) is 2.50. The van der Waals surface area contributed by atoms with E-state index in [-0.39, 0.29) is 0 Å². The van der Waals surface area contributed by atoms with E-state index in [1.165, 1.54) is 0 Å². The van der Waals surface area contributed by atoms with E-state index in [1.54, 1.807) is 0 Å². The molecule has 0 rings (SSSR count). The van der Waals surface area contributed by atoms with Gasteiger partial charge in [-0.3, -0.25) is 0 Å². The monoisotopic (exact) mass is 210 g/mol. The fourth-order valence-electron chi connectivity index (χ4n) is 0.107. The number of halogens is 4. The van der Waals surface area contributed by atoms with Gasteiger partial charge in [0.2, 0.25) is 0 Å². The standard InChI is InChI=1S/C3H6Cl4Si/c4-1-8(7,2-5)3-6/h1-3H2. The third kappa shape index (κ3) is 2.79. The highest BCUT2D eigenvalue weighted by atomic mass is 35.6. The third-order valence-corrected chi connectivity index (χ3v) is 9.19. The van der Waals surface area contributed by atoms with E-state index in [1.807, 2.05) is 0 Å². The van der Waals surface area contributed by atoms with Crippen molar-refractivity contribution in [1.29, 1.82) is 0 Å². The summed E-state index contributed by atoms with van der Waals surface area (Å²) in [6, 6.07) is 0. The van der Waals surface area contributed by atoms with E-state index in [0.717, 1.165) is 0 Å². The van der Waals surface area contributed by atoms with Gasteiger partial charge in [-0.05, 0) is 0 Å². The van der Waals surface area contributed by atoms with Crippen molar-refractivity contribution in [2.45, 2.75) is 0 Å². The van der Waals surface area contributed by atoms with Gasteiger partial charge in [0.15, 0.2) is 7.38 Å². The van der Waals surface area contributed by atoms with Crippen LogP contribution in [-0.2, 0) is 0 Å². The fraction of sp³-hybridized carbons (Fsp3) is 1.00. The summed E-state index contributed by atoms with van der Waals surface area (Å²) in [6.07, 6.45) is 0. The Kier molecular flexibility index (Phi) is 4.96. The first kappa shape index (κ1) is 9.38. The first-order chi connectivity index (χ1) is 3.68. The number of hydrogen-bond donors (Lipinski definition) is 0. The molecule has 0 aliphatic carbocycles. The Labute approximate surface area is 69.8 Å². The maximum absolute atomic E-state index is 5.84. The lowest BCUT2D eigenvalue weighted by atomic mass is 11.8. The summed E-state index contributed by atoms with van der Waals surface area (Å²) < 4.78 is 0. The highest BCUT2D eigenvalue weighted by Crippen LogP contribution is 2.14. The maximum atomic E-state index is 5.84. The maximum Gasteiger partial charge on any atom is 0.199 e. The fourth-order valence-corrected chi connectivity index (χ4v) is 2.89. The topological polar surface area (TPSA) is 0 Å². The van der Waals surface area contributed by atoms with E-state index in [2.05, 4.69) is 0 Å². The molecule has 0 saturated heterocycles. The molecular weight excluding hydrogens is 206 g/mol. The van der Waals surface area contributed by atoms with Crippen LogP contribution in [-0.4, -0.2) is 23.9 Å². The zero-order valence-corrected chi connectivity index (χ0v) is 8.16. The molecule has 0 bridgehead atoms. The van der Waals surface area contributed by atoms with Gasteiger partial charge in [-0.25, -0.2) is 0 Å². The molecular formula is C3H6Cl4Si. The first-order valence-electron chi connectivity index (χ1n) is 2.05. The summed E-state index contributed by atoms with van der Waals surface area (Å²) in [6.45, 7) is 0. The van der Waals surface area contributed by atoms with E-state index >= 15 is 0 Å². The summed E-state index contributed by atoms with van der Waals surface area (Å²) in [5.41, 5.74) is 1.30. The Morgan fingerprint density at radius 1 is 0.875 bits per heavy atom. The average molecular weight is 212 g/mol. The molecule has 0 amide bonds. The predicted molar refractivity (Wildman–Crippen MR) is 43.8 cm³/mol. The Morgan fingerprint density at radius 3 is 1.12 bits per heavy atom. The summed E-state index contributed by atoms with van der Waals surface area (Å²) in [4.78, 5) is 0. The Balaban J connectivity index is 3.58. The molecule has 0 aromatic carbocycles. The van der Waals surface area contributed by atoms with E-state index in [0.29, 0.717) is 16.5 Å². The van der Waals surface area contributed by atoms with E-state index in [9.17, 15) is 0 Å². The van der Waals surface area contributed by atoms with Crippen LogP contribution in [0.1, 0.15) is 0 Å². The molecule has 5 heteroatoms. The second-order valence-corrected chi connectivity index (χ2v) is 9.47. The molecule has 0 aromatic rings. The van der Waals surface area contributed by atoms with Gasteiger partial charge in [0.05, 0.1) is 0 Å². The van der Waals surface area contributed by atoms with Crippen LogP contribution in [0.15, 0.2) is 0 Å². The van der Waals surface area contributed by atoms with Crippen molar-refractivity contribution in [3.05, 3.63) is 0 Å². The summed E-state index contributed by atoms with van der Waals surface area (Å²) >= 11 is 22.2. The van der Waals surface area contributed by atoms with Crippen LogP contribution in [0.5, 0.6) is 0 Å². The molecule has 8 heavy (non-hydrogen) atoms. The molecule has 0 nitrogen and oxygen atoms in total. The lowest BCUT2D eigenvalue weighted by Gasteiger charge is -2.12. The number of hydrogen-bond acceptors (Lipinski definition) is 0. The Morgan fingerprint density at radius 2 is 1.12 bits per heavy atom. The van der Waals surface area contributed by atoms with Gasteiger partial charge >= 0.3 is 0 Å². The first-order valence-corrected chi connectivity index (χ1v) is 7.29. The molecule has 0 fully saturated rings. The zero-order chi connectivity index (χ0) is 6.62. The molecule has 0 heterocycles. The van der Waals surface area contributed by atoms with Crippen molar-refractivity contribution in [1.82, 2.24) is 0 Å². The van der Waals surface area contributed by atoms with Gasteiger partial charge in [-0.15, -0.1) is 34.8 Å². The molecule has 50 valence electrons. The smallest absolute Gasteiger partial charge is 0.163 e. The molecule has 0 unspecified atom stereocenters. The highest BCUT2D eigenvalue weighted by Gasteiger charge is 2.27. The Hall–Kier alpha value is 1.38. The second-order valence-electron chi connectivity index (χ2n) is 1.55. The second kappa shape index (κ2) is 4.23. The molecule has 0 aromatic heterocycles. The van der Waals surface area contributed by atoms with Gasteiger partial charge in [-0.2, -0.15) is 11.1 Å². The van der Waals surface area contributed by atoms with Crippen molar-refractivity contribution in [3.8, 4) is 0 Å². The van der Waals surface area contributed by atoms with Crippen LogP contribution in [0.2, 0.25) is 0 Å². The average Bonchev–Trinajstić information content (AvgIpc) is 1.87. The SMILES string of the molecule is ClC[Si](Cl)(CCl)CCl. The molecule has 0 radical (unpaired) electrons. The van der Waals surface area contributed by atoms with E-state index < -0.39 is 7.38 Å². The van der Waals surface area contributed by atoms with Crippen LogP contribution in [0.25, 0.3) is 0 Å². The van der Waals surface area contributed by atoms with Crippen LogP contribution in [0, 0.1) is 0 Å². The van der Waals surface area contributed by atoms with Crippen molar-refractivity contribution in [2.75, 3.05) is 16.5 Å². The number of alkyl halides is 3. The van der Waals surface area contributed by atoms with Crippen molar-refractivity contribution in [3.63, 3.8) is 0 Å². The quantitative estimate of drug-likeness (QED) is 0.383. The van der Waals surface area contributed by atoms with Gasteiger partial charge < -0.3 is 0 Å². The van der Waals surface area contributed by atoms with Crippen molar-refractivity contribution < 1.29 is 0 Å².